The van der Waals surface area contributed by atoms with Crippen LogP contribution in [-0.4, -0.2) is 58.9 Å². The molecule has 0 fully saturated rings. The molecule has 40 heavy (non-hydrogen) atoms. The van der Waals surface area contributed by atoms with E-state index < -0.39 is 27.8 Å². The number of sulfonamides is 1. The number of rotatable bonds is 7. The molecule has 0 spiro atoms. The molecule has 0 saturated carbocycles. The Morgan fingerprint density at radius 1 is 1.05 bits per heavy atom. The molecule has 0 amide bonds. The Balaban J connectivity index is 1.60. The Morgan fingerprint density at radius 2 is 1.80 bits per heavy atom. The van der Waals surface area contributed by atoms with Crippen LogP contribution in [0.2, 0.25) is 0 Å². The van der Waals surface area contributed by atoms with E-state index >= 15 is 0 Å². The zero-order valence-electron chi connectivity index (χ0n) is 23.5. The summed E-state index contributed by atoms with van der Waals surface area (Å²) in [5, 5.41) is 18.7. The van der Waals surface area contributed by atoms with Gasteiger partial charge in [-0.3, -0.25) is 4.79 Å². The summed E-state index contributed by atoms with van der Waals surface area (Å²) in [4.78, 5) is 14.8. The van der Waals surface area contributed by atoms with E-state index in [1.807, 2.05) is 82.2 Å². The van der Waals surface area contributed by atoms with Crippen molar-refractivity contribution < 1.29 is 18.3 Å². The second-order valence-electron chi connectivity index (χ2n) is 10.6. The van der Waals surface area contributed by atoms with Gasteiger partial charge in [0.25, 0.3) is 0 Å². The van der Waals surface area contributed by atoms with E-state index in [0.29, 0.717) is 30.1 Å². The molecule has 4 aromatic rings. The van der Waals surface area contributed by atoms with E-state index in [0.717, 1.165) is 38.9 Å². The molecule has 10 heteroatoms. The summed E-state index contributed by atoms with van der Waals surface area (Å²) in [7, 11) is -0.000739. The van der Waals surface area contributed by atoms with E-state index in [9.17, 15) is 18.3 Å². The van der Waals surface area contributed by atoms with Crippen molar-refractivity contribution in [2.45, 2.75) is 44.6 Å². The van der Waals surface area contributed by atoms with Gasteiger partial charge in [-0.1, -0.05) is 48.5 Å². The van der Waals surface area contributed by atoms with Gasteiger partial charge in [-0.25, -0.2) is 13.1 Å². The summed E-state index contributed by atoms with van der Waals surface area (Å²) in [6.45, 7) is 6.91. The quantitative estimate of drug-likeness (QED) is 0.355. The van der Waals surface area contributed by atoms with Crippen LogP contribution in [0.5, 0.6) is 0 Å². The molecule has 1 N–H and O–H groups in total. The molecule has 0 aliphatic carbocycles. The highest BCUT2D eigenvalue weighted by molar-refractivity contribution is 7.89. The van der Waals surface area contributed by atoms with Crippen molar-refractivity contribution in [1.29, 1.82) is 0 Å². The number of carbonyl (C=O) groups is 1. The number of fused-ring (bicyclic) bond motifs is 2. The molecular formula is C30H35N5O4S. The number of carboxylic acid groups (broad SMARTS) is 1. The highest BCUT2D eigenvalue weighted by Crippen LogP contribution is 2.39. The third-order valence-electron chi connectivity index (χ3n) is 8.23. The molecule has 3 aromatic carbocycles. The van der Waals surface area contributed by atoms with Gasteiger partial charge in [0.05, 0.1) is 17.1 Å². The Morgan fingerprint density at radius 3 is 2.52 bits per heavy atom. The predicted octanol–water partition coefficient (Wildman–Crippen LogP) is 4.47. The zero-order chi connectivity index (χ0) is 28.8. The number of nitrogens with zero attached hydrogens (tertiary/aromatic N) is 5. The summed E-state index contributed by atoms with van der Waals surface area (Å²) in [6.07, 6.45) is 0.435. The number of hydrogen-bond donors (Lipinski definition) is 1. The van der Waals surface area contributed by atoms with Crippen LogP contribution in [0.1, 0.15) is 47.1 Å². The Labute approximate surface area is 235 Å². The molecule has 2 heterocycles. The first-order chi connectivity index (χ1) is 19.0. The van der Waals surface area contributed by atoms with Crippen LogP contribution in [0.15, 0.2) is 59.5 Å². The Bertz CT molecular complexity index is 1700. The van der Waals surface area contributed by atoms with E-state index in [1.165, 1.54) is 4.31 Å². The Hall–Kier alpha value is -3.76. The van der Waals surface area contributed by atoms with E-state index in [1.54, 1.807) is 16.8 Å². The SMILES string of the molecule is CCC(C(=O)O)C(c1ccc(C)c(CN2CCN(C)c3ccccc3S2(=O)=O)c1)c1ccc2c(nnn2C)c1C. The first-order valence-corrected chi connectivity index (χ1v) is 14.9. The monoisotopic (exact) mass is 561 g/mol. The van der Waals surface area contributed by atoms with Crippen molar-refractivity contribution in [1.82, 2.24) is 19.3 Å². The summed E-state index contributed by atoms with van der Waals surface area (Å²) >= 11 is 0. The number of para-hydroxylation sites is 1. The van der Waals surface area contributed by atoms with Crippen molar-refractivity contribution in [3.8, 4) is 0 Å². The minimum atomic E-state index is -3.74. The van der Waals surface area contributed by atoms with E-state index in [2.05, 4.69) is 10.3 Å². The maximum atomic E-state index is 13.7. The third-order valence-corrected chi connectivity index (χ3v) is 10.1. The lowest BCUT2D eigenvalue weighted by Crippen LogP contribution is -2.33. The molecule has 0 radical (unpaired) electrons. The van der Waals surface area contributed by atoms with Crippen LogP contribution in [0.4, 0.5) is 5.69 Å². The van der Waals surface area contributed by atoms with Crippen LogP contribution >= 0.6 is 0 Å². The lowest BCUT2D eigenvalue weighted by Gasteiger charge is -2.27. The van der Waals surface area contributed by atoms with Gasteiger partial charge in [-0.05, 0) is 66.3 Å². The molecule has 1 aliphatic heterocycles. The number of aliphatic carboxylic acids is 1. The normalized spacial score (nSPS) is 16.9. The van der Waals surface area contributed by atoms with Gasteiger partial charge in [0.2, 0.25) is 10.0 Å². The fourth-order valence-corrected chi connectivity index (χ4v) is 7.46. The number of anilines is 1. The largest absolute Gasteiger partial charge is 0.481 e. The molecule has 210 valence electrons. The fourth-order valence-electron chi connectivity index (χ4n) is 5.81. The van der Waals surface area contributed by atoms with Gasteiger partial charge in [0.1, 0.15) is 10.4 Å². The van der Waals surface area contributed by atoms with Gasteiger partial charge in [0, 0.05) is 39.6 Å². The maximum absolute atomic E-state index is 13.7. The van der Waals surface area contributed by atoms with Crippen molar-refractivity contribution in [2.75, 3.05) is 25.0 Å². The molecule has 2 atom stereocenters. The first-order valence-electron chi connectivity index (χ1n) is 13.5. The number of likely N-dealkylation sites (N-methyl/N-ethyl adjacent to an activating group) is 1. The molecule has 1 aliphatic rings. The maximum Gasteiger partial charge on any atom is 0.307 e. The summed E-state index contributed by atoms with van der Waals surface area (Å²) in [6, 6.07) is 16.9. The topological polar surface area (TPSA) is 109 Å². The minimum absolute atomic E-state index is 0.197. The lowest BCUT2D eigenvalue weighted by atomic mass is 9.77. The summed E-state index contributed by atoms with van der Waals surface area (Å²) in [5.41, 5.74) is 6.74. The van der Waals surface area contributed by atoms with Gasteiger partial charge in [0.15, 0.2) is 0 Å². The molecule has 9 nitrogen and oxygen atoms in total. The minimum Gasteiger partial charge on any atom is -0.481 e. The Kier molecular flexibility index (Phi) is 7.41. The number of carboxylic acids is 1. The number of hydrogen-bond acceptors (Lipinski definition) is 6. The predicted molar refractivity (Wildman–Crippen MR) is 155 cm³/mol. The van der Waals surface area contributed by atoms with E-state index in [4.69, 9.17) is 0 Å². The van der Waals surface area contributed by atoms with E-state index in [-0.39, 0.29) is 6.54 Å². The molecule has 0 saturated heterocycles. The molecule has 0 bridgehead atoms. The van der Waals surface area contributed by atoms with Crippen LogP contribution in [0.25, 0.3) is 11.0 Å². The molecule has 5 rings (SSSR count). The smallest absolute Gasteiger partial charge is 0.307 e. The molecule has 1 aromatic heterocycles. The fraction of sp³-hybridized carbons (Fsp3) is 0.367. The van der Waals surface area contributed by atoms with Gasteiger partial charge >= 0.3 is 5.97 Å². The summed E-state index contributed by atoms with van der Waals surface area (Å²) in [5.74, 6) is -1.99. The van der Waals surface area contributed by atoms with Crippen LogP contribution in [0.3, 0.4) is 0 Å². The van der Waals surface area contributed by atoms with Crippen LogP contribution < -0.4 is 4.90 Å². The van der Waals surface area contributed by atoms with Gasteiger partial charge in [-0.2, -0.15) is 4.31 Å². The zero-order valence-corrected chi connectivity index (χ0v) is 24.3. The van der Waals surface area contributed by atoms with Crippen molar-refractivity contribution in [2.24, 2.45) is 13.0 Å². The second-order valence-corrected chi connectivity index (χ2v) is 12.5. The van der Waals surface area contributed by atoms with Gasteiger partial charge in [-0.15, -0.1) is 5.10 Å². The highest BCUT2D eigenvalue weighted by Gasteiger charge is 2.34. The first kappa shape index (κ1) is 27.8. The third kappa shape index (κ3) is 4.75. The highest BCUT2D eigenvalue weighted by atomic mass is 32.2. The molecule has 2 unspecified atom stereocenters. The number of benzene rings is 3. The summed E-state index contributed by atoms with van der Waals surface area (Å²) < 4.78 is 30.7. The lowest BCUT2D eigenvalue weighted by molar-refractivity contribution is -0.142. The number of aryl methyl sites for hydroxylation is 3. The molecular weight excluding hydrogens is 526 g/mol. The van der Waals surface area contributed by atoms with Gasteiger partial charge < -0.3 is 10.0 Å². The van der Waals surface area contributed by atoms with Crippen LogP contribution in [-0.2, 0) is 28.4 Å². The number of aromatic nitrogens is 3. The average Bonchev–Trinajstić information content (AvgIpc) is 3.28. The van der Waals surface area contributed by atoms with Crippen molar-refractivity contribution >= 4 is 32.7 Å². The second kappa shape index (κ2) is 10.7. The van der Waals surface area contributed by atoms with Crippen molar-refractivity contribution in [3.05, 3.63) is 82.4 Å². The van der Waals surface area contributed by atoms with Crippen molar-refractivity contribution in [3.63, 3.8) is 0 Å². The average molecular weight is 562 g/mol. The van der Waals surface area contributed by atoms with Crippen LogP contribution in [0, 0.1) is 19.8 Å². The standard InChI is InChI=1S/C30H35N5O4S/c1-6-23(30(36)37)28(24-13-14-26-29(20(24)3)31-32-34(26)5)21-12-11-19(2)22(17-21)18-35-16-15-33(4)25-9-7-8-10-27(25)40(35,38)39/h7-14,17,23,28H,6,15-16,18H2,1-5H3,(H,36,37).